The number of carbonyl (C=O) groups excluding carboxylic acids is 1. The lowest BCUT2D eigenvalue weighted by molar-refractivity contribution is 0.0794. The van der Waals surface area contributed by atoms with E-state index >= 15 is 0 Å². The average Bonchev–Trinajstić information content (AvgIpc) is 3.32. The van der Waals surface area contributed by atoms with Crippen molar-refractivity contribution >= 4 is 5.91 Å². The Balaban J connectivity index is 1.47. The molecule has 0 saturated carbocycles. The highest BCUT2D eigenvalue weighted by atomic mass is 19.2. The van der Waals surface area contributed by atoms with Crippen molar-refractivity contribution in [2.45, 2.75) is 37.3 Å². The van der Waals surface area contributed by atoms with Gasteiger partial charge in [-0.05, 0) is 44.0 Å². The number of aromatic nitrogens is 1. The van der Waals surface area contributed by atoms with Crippen molar-refractivity contribution < 1.29 is 22.7 Å². The molecule has 1 aromatic heterocycles. The minimum absolute atomic E-state index is 0.169. The van der Waals surface area contributed by atoms with Crippen LogP contribution in [0.5, 0.6) is 0 Å². The number of rotatable bonds is 4. The number of likely N-dealkylation sites (N-methyl/N-ethyl adjacent to an activating group) is 1. The van der Waals surface area contributed by atoms with Gasteiger partial charge in [0.15, 0.2) is 23.2 Å². The number of halogens is 2. The molecule has 0 radical (unpaired) electrons. The zero-order valence-corrected chi connectivity index (χ0v) is 15.7. The Kier molecular flexibility index (Phi) is 5.41. The molecule has 4 rings (SSSR count). The SMILES string of the molecule is CN1CCC(NC(=O)c2coc(C3CCOCC3)n2)C1c1ccc(F)c(F)c1. The molecule has 2 saturated heterocycles. The van der Waals surface area contributed by atoms with Crippen molar-refractivity contribution in [1.82, 2.24) is 15.2 Å². The van der Waals surface area contributed by atoms with Gasteiger partial charge in [-0.25, -0.2) is 13.8 Å². The van der Waals surface area contributed by atoms with Crippen LogP contribution in [-0.2, 0) is 4.74 Å². The standard InChI is InChI=1S/C20H23F2N3O3/c1-25-7-4-16(18(25)13-2-3-14(21)15(22)10-13)23-19(26)17-11-28-20(24-17)12-5-8-27-9-6-12/h2-3,10-12,16,18H,4-9H2,1H3,(H,23,26). The monoisotopic (exact) mass is 391 g/mol. The topological polar surface area (TPSA) is 67.6 Å². The number of benzene rings is 1. The van der Waals surface area contributed by atoms with Gasteiger partial charge in [0.25, 0.3) is 5.91 Å². The quantitative estimate of drug-likeness (QED) is 0.868. The number of ether oxygens (including phenoxy) is 1. The highest BCUT2D eigenvalue weighted by Gasteiger charge is 2.35. The van der Waals surface area contributed by atoms with Crippen LogP contribution in [0.2, 0.25) is 0 Å². The molecule has 2 aliphatic rings. The van der Waals surface area contributed by atoms with Gasteiger partial charge >= 0.3 is 0 Å². The van der Waals surface area contributed by atoms with E-state index in [-0.39, 0.29) is 29.6 Å². The van der Waals surface area contributed by atoms with Crippen LogP contribution in [0.25, 0.3) is 0 Å². The van der Waals surface area contributed by atoms with Gasteiger partial charge < -0.3 is 14.5 Å². The summed E-state index contributed by atoms with van der Waals surface area (Å²) in [5.41, 5.74) is 0.868. The zero-order chi connectivity index (χ0) is 19.7. The van der Waals surface area contributed by atoms with Crippen LogP contribution in [0.4, 0.5) is 8.78 Å². The number of oxazole rings is 1. The first kappa shape index (κ1) is 19.0. The molecule has 3 heterocycles. The molecule has 1 N–H and O–H groups in total. The maximum absolute atomic E-state index is 13.7. The number of nitrogens with zero attached hydrogens (tertiary/aromatic N) is 2. The lowest BCUT2D eigenvalue weighted by Gasteiger charge is -2.26. The van der Waals surface area contributed by atoms with Crippen molar-refractivity contribution in [1.29, 1.82) is 0 Å². The summed E-state index contributed by atoms with van der Waals surface area (Å²) in [7, 11) is 1.90. The maximum Gasteiger partial charge on any atom is 0.273 e. The molecule has 2 unspecified atom stereocenters. The molecular formula is C20H23F2N3O3. The van der Waals surface area contributed by atoms with Gasteiger partial charge in [0.05, 0.1) is 12.1 Å². The second-order valence-corrected chi connectivity index (χ2v) is 7.43. The van der Waals surface area contributed by atoms with E-state index in [9.17, 15) is 13.6 Å². The third-order valence-corrected chi connectivity index (χ3v) is 5.58. The van der Waals surface area contributed by atoms with Gasteiger partial charge in [-0.1, -0.05) is 6.07 Å². The molecule has 0 spiro atoms. The molecule has 2 aliphatic heterocycles. The minimum atomic E-state index is -0.888. The summed E-state index contributed by atoms with van der Waals surface area (Å²) >= 11 is 0. The smallest absolute Gasteiger partial charge is 0.273 e. The molecule has 1 aromatic carbocycles. The Hall–Kier alpha value is -2.32. The van der Waals surface area contributed by atoms with Gasteiger partial charge in [-0.2, -0.15) is 0 Å². The normalized spacial score (nSPS) is 23.8. The van der Waals surface area contributed by atoms with E-state index in [4.69, 9.17) is 9.15 Å². The van der Waals surface area contributed by atoms with Crippen molar-refractivity contribution in [3.8, 4) is 0 Å². The molecular weight excluding hydrogens is 368 g/mol. The summed E-state index contributed by atoms with van der Waals surface area (Å²) < 4.78 is 37.8. The first-order valence-electron chi connectivity index (χ1n) is 9.52. The van der Waals surface area contributed by atoms with E-state index in [0.29, 0.717) is 31.1 Å². The van der Waals surface area contributed by atoms with Crippen LogP contribution < -0.4 is 5.32 Å². The largest absolute Gasteiger partial charge is 0.448 e. The van der Waals surface area contributed by atoms with Crippen molar-refractivity contribution in [2.24, 2.45) is 0 Å². The van der Waals surface area contributed by atoms with Gasteiger partial charge in [0, 0.05) is 25.7 Å². The lowest BCUT2D eigenvalue weighted by atomic mass is 9.99. The van der Waals surface area contributed by atoms with Crippen LogP contribution in [0.3, 0.4) is 0 Å². The van der Waals surface area contributed by atoms with Gasteiger partial charge in [0.2, 0.25) is 0 Å². The highest BCUT2D eigenvalue weighted by Crippen LogP contribution is 2.32. The molecule has 28 heavy (non-hydrogen) atoms. The van der Waals surface area contributed by atoms with E-state index in [1.807, 2.05) is 11.9 Å². The first-order chi connectivity index (χ1) is 13.5. The van der Waals surface area contributed by atoms with Crippen LogP contribution in [-0.4, -0.2) is 48.6 Å². The molecule has 0 bridgehead atoms. The summed E-state index contributed by atoms with van der Waals surface area (Å²) in [5.74, 6) is -1.36. The fourth-order valence-electron chi connectivity index (χ4n) is 4.05. The number of carbonyl (C=O) groups is 1. The Morgan fingerprint density at radius 3 is 2.75 bits per heavy atom. The summed E-state index contributed by atoms with van der Waals surface area (Å²) in [6.07, 6.45) is 3.74. The van der Waals surface area contributed by atoms with Gasteiger partial charge in [-0.3, -0.25) is 9.69 Å². The van der Waals surface area contributed by atoms with Gasteiger partial charge in [0.1, 0.15) is 6.26 Å². The predicted octanol–water partition coefficient (Wildman–Crippen LogP) is 3.02. The summed E-state index contributed by atoms with van der Waals surface area (Å²) in [6, 6.07) is 3.41. The maximum atomic E-state index is 13.7. The van der Waals surface area contributed by atoms with Crippen LogP contribution >= 0.6 is 0 Å². The molecule has 0 aliphatic carbocycles. The third kappa shape index (κ3) is 3.79. The number of amides is 1. The molecule has 6 nitrogen and oxygen atoms in total. The number of hydrogen-bond donors (Lipinski definition) is 1. The molecule has 8 heteroatoms. The molecule has 1 amide bonds. The Morgan fingerprint density at radius 2 is 2.00 bits per heavy atom. The van der Waals surface area contributed by atoms with Crippen molar-refractivity contribution in [3.63, 3.8) is 0 Å². The molecule has 2 fully saturated rings. The second-order valence-electron chi connectivity index (χ2n) is 7.43. The highest BCUT2D eigenvalue weighted by molar-refractivity contribution is 5.92. The summed E-state index contributed by atoms with van der Waals surface area (Å²) in [5, 5.41) is 2.98. The lowest BCUT2D eigenvalue weighted by Crippen LogP contribution is -2.39. The molecule has 2 atom stereocenters. The Labute approximate surface area is 161 Å². The summed E-state index contributed by atoms with van der Waals surface area (Å²) in [4.78, 5) is 19.1. The van der Waals surface area contributed by atoms with Crippen molar-refractivity contribution in [2.75, 3.05) is 26.8 Å². The Bertz CT molecular complexity index is 851. The van der Waals surface area contributed by atoms with E-state index in [0.717, 1.165) is 25.5 Å². The fourth-order valence-corrected chi connectivity index (χ4v) is 4.05. The second kappa shape index (κ2) is 7.97. The van der Waals surface area contributed by atoms with Crippen LogP contribution in [0, 0.1) is 11.6 Å². The minimum Gasteiger partial charge on any atom is -0.448 e. The van der Waals surface area contributed by atoms with E-state index < -0.39 is 11.6 Å². The third-order valence-electron chi connectivity index (χ3n) is 5.58. The number of likely N-dealkylation sites (tertiary alicyclic amines) is 1. The summed E-state index contributed by atoms with van der Waals surface area (Å²) in [6.45, 7) is 2.07. The van der Waals surface area contributed by atoms with Crippen molar-refractivity contribution in [3.05, 3.63) is 53.2 Å². The predicted molar refractivity (Wildman–Crippen MR) is 96.9 cm³/mol. The number of nitrogens with one attached hydrogen (secondary N) is 1. The van der Waals surface area contributed by atoms with E-state index in [1.54, 1.807) is 6.07 Å². The Morgan fingerprint density at radius 1 is 1.21 bits per heavy atom. The van der Waals surface area contributed by atoms with Gasteiger partial charge in [-0.15, -0.1) is 0 Å². The average molecular weight is 391 g/mol. The molecule has 2 aromatic rings. The van der Waals surface area contributed by atoms with Crippen LogP contribution in [0.1, 0.15) is 53.2 Å². The van der Waals surface area contributed by atoms with E-state index in [2.05, 4.69) is 10.3 Å². The first-order valence-corrected chi connectivity index (χ1v) is 9.52. The zero-order valence-electron chi connectivity index (χ0n) is 15.7. The molecule has 150 valence electrons. The van der Waals surface area contributed by atoms with E-state index in [1.165, 1.54) is 12.3 Å². The fraction of sp³-hybridized carbons (Fsp3) is 0.500. The number of hydrogen-bond acceptors (Lipinski definition) is 5. The van der Waals surface area contributed by atoms with Crippen LogP contribution in [0.15, 0.2) is 28.9 Å².